The van der Waals surface area contributed by atoms with Crippen LogP contribution in [0.15, 0.2) is 0 Å². The van der Waals surface area contributed by atoms with Gasteiger partial charge in [0.15, 0.2) is 0 Å². The topological polar surface area (TPSA) is 67.9 Å². The number of rotatable bonds is 4. The van der Waals surface area contributed by atoms with E-state index in [-0.39, 0.29) is 24.1 Å². The lowest BCUT2D eigenvalue weighted by Crippen LogP contribution is -2.41. The number of cyclic esters (lactones) is 1. The Kier molecular flexibility index (Phi) is 4.41. The first-order valence-corrected chi connectivity index (χ1v) is 6.52. The van der Waals surface area contributed by atoms with Gasteiger partial charge >= 0.3 is 12.1 Å². The van der Waals surface area contributed by atoms with E-state index < -0.39 is 0 Å². The molecule has 2 rings (SSSR count). The molecule has 0 aromatic rings. The molecular weight excluding hydrogens is 236 g/mol. The Bertz CT molecular complexity index is 313. The third-order valence-electron chi connectivity index (χ3n) is 3.42. The van der Waals surface area contributed by atoms with Crippen LogP contribution in [-0.2, 0) is 14.3 Å². The molecule has 1 amide bonds. The molecule has 2 aliphatic heterocycles. The van der Waals surface area contributed by atoms with Gasteiger partial charge in [-0.25, -0.2) is 4.79 Å². The Morgan fingerprint density at radius 1 is 1.50 bits per heavy atom. The van der Waals surface area contributed by atoms with Gasteiger partial charge in [0.25, 0.3) is 0 Å². The summed E-state index contributed by atoms with van der Waals surface area (Å²) in [6.07, 6.45) is 1.26. The third kappa shape index (κ3) is 3.35. The molecule has 2 saturated heterocycles. The second-order valence-electron chi connectivity index (χ2n) is 4.74. The molecule has 1 N–H and O–H groups in total. The number of piperidine rings is 1. The summed E-state index contributed by atoms with van der Waals surface area (Å²) in [5.74, 6) is -0.0448. The van der Waals surface area contributed by atoms with E-state index in [1.54, 1.807) is 0 Å². The lowest BCUT2D eigenvalue weighted by Gasteiger charge is -2.31. The third-order valence-corrected chi connectivity index (χ3v) is 3.42. The monoisotopic (exact) mass is 256 g/mol. The van der Waals surface area contributed by atoms with E-state index in [2.05, 4.69) is 10.2 Å². The fourth-order valence-corrected chi connectivity index (χ4v) is 2.43. The summed E-state index contributed by atoms with van der Waals surface area (Å²) in [6.45, 7) is 5.32. The number of hydrogen-bond acceptors (Lipinski definition) is 5. The van der Waals surface area contributed by atoms with Crippen molar-refractivity contribution in [2.24, 2.45) is 5.92 Å². The minimum atomic E-state index is -0.332. The van der Waals surface area contributed by atoms with Crippen molar-refractivity contribution in [3.05, 3.63) is 0 Å². The lowest BCUT2D eigenvalue weighted by atomic mass is 9.97. The van der Waals surface area contributed by atoms with Gasteiger partial charge in [0.1, 0.15) is 6.10 Å². The zero-order chi connectivity index (χ0) is 13.0. The summed E-state index contributed by atoms with van der Waals surface area (Å²) in [7, 11) is 0. The minimum absolute atomic E-state index is 0.0328. The van der Waals surface area contributed by atoms with Crippen LogP contribution in [-0.4, -0.2) is 55.9 Å². The van der Waals surface area contributed by atoms with E-state index in [0.29, 0.717) is 13.2 Å². The van der Waals surface area contributed by atoms with Crippen LogP contribution in [0.3, 0.4) is 0 Å². The number of nitrogens with zero attached hydrogens (tertiary/aromatic N) is 1. The molecule has 1 atom stereocenters. The van der Waals surface area contributed by atoms with Gasteiger partial charge in [-0.15, -0.1) is 0 Å². The number of amides is 1. The Labute approximate surface area is 107 Å². The highest BCUT2D eigenvalue weighted by Gasteiger charge is 2.29. The molecule has 2 aliphatic rings. The van der Waals surface area contributed by atoms with Gasteiger partial charge in [0, 0.05) is 6.54 Å². The molecule has 0 aromatic carbocycles. The van der Waals surface area contributed by atoms with Crippen LogP contribution in [0.1, 0.15) is 19.8 Å². The zero-order valence-electron chi connectivity index (χ0n) is 10.7. The fourth-order valence-electron chi connectivity index (χ4n) is 2.43. The molecule has 6 heteroatoms. The van der Waals surface area contributed by atoms with E-state index in [0.717, 1.165) is 32.5 Å². The Hall–Kier alpha value is -1.30. The van der Waals surface area contributed by atoms with Crippen molar-refractivity contribution < 1.29 is 19.1 Å². The molecule has 102 valence electrons. The van der Waals surface area contributed by atoms with Gasteiger partial charge in [0.2, 0.25) is 0 Å². The zero-order valence-corrected chi connectivity index (χ0v) is 10.7. The molecule has 1 unspecified atom stereocenters. The summed E-state index contributed by atoms with van der Waals surface area (Å²) in [4.78, 5) is 24.7. The van der Waals surface area contributed by atoms with Gasteiger partial charge in [0.05, 0.1) is 19.1 Å². The molecule has 6 nitrogen and oxygen atoms in total. The number of ether oxygens (including phenoxy) is 2. The van der Waals surface area contributed by atoms with Crippen LogP contribution in [0.2, 0.25) is 0 Å². The van der Waals surface area contributed by atoms with E-state index in [4.69, 9.17) is 9.47 Å². The molecule has 2 fully saturated rings. The SMILES string of the molecule is CCOC(=O)C1CCN(CC2CNC(=O)O2)CC1. The van der Waals surface area contributed by atoms with Gasteiger partial charge in [-0.3, -0.25) is 9.69 Å². The average Bonchev–Trinajstić information content (AvgIpc) is 2.76. The highest BCUT2D eigenvalue weighted by atomic mass is 16.6. The average molecular weight is 256 g/mol. The number of carbonyl (C=O) groups excluding carboxylic acids is 2. The van der Waals surface area contributed by atoms with Crippen molar-refractivity contribution >= 4 is 12.1 Å². The van der Waals surface area contributed by atoms with Crippen molar-refractivity contribution in [3.8, 4) is 0 Å². The number of carbonyl (C=O) groups is 2. The highest BCUT2D eigenvalue weighted by molar-refractivity contribution is 5.72. The smallest absolute Gasteiger partial charge is 0.407 e. The number of hydrogen-bond donors (Lipinski definition) is 1. The number of nitrogens with one attached hydrogen (secondary N) is 1. The standard InChI is InChI=1S/C12H20N2O4/c1-2-17-11(15)9-3-5-14(6-4-9)8-10-7-13-12(16)18-10/h9-10H,2-8H2,1H3,(H,13,16). The van der Waals surface area contributed by atoms with Gasteiger partial charge in [-0.1, -0.05) is 0 Å². The molecule has 18 heavy (non-hydrogen) atoms. The molecule has 0 saturated carbocycles. The first-order valence-electron chi connectivity index (χ1n) is 6.52. The van der Waals surface area contributed by atoms with Crippen molar-refractivity contribution in [1.29, 1.82) is 0 Å². The molecule has 0 radical (unpaired) electrons. The molecule has 0 aromatic heterocycles. The van der Waals surface area contributed by atoms with Gasteiger partial charge < -0.3 is 14.8 Å². The van der Waals surface area contributed by atoms with Crippen LogP contribution in [0.25, 0.3) is 0 Å². The lowest BCUT2D eigenvalue weighted by molar-refractivity contribution is -0.149. The normalized spacial score (nSPS) is 25.6. The Morgan fingerprint density at radius 2 is 2.22 bits per heavy atom. The summed E-state index contributed by atoms with van der Waals surface area (Å²) in [5, 5.41) is 2.64. The number of alkyl carbamates (subject to hydrolysis) is 1. The number of esters is 1. The molecule has 0 spiro atoms. The largest absolute Gasteiger partial charge is 0.466 e. The van der Waals surface area contributed by atoms with Crippen LogP contribution in [0.5, 0.6) is 0 Å². The van der Waals surface area contributed by atoms with Crippen molar-refractivity contribution in [2.75, 3.05) is 32.8 Å². The van der Waals surface area contributed by atoms with Crippen LogP contribution < -0.4 is 5.32 Å². The predicted molar refractivity (Wildman–Crippen MR) is 64.1 cm³/mol. The summed E-state index contributed by atoms with van der Waals surface area (Å²) < 4.78 is 10.1. The summed E-state index contributed by atoms with van der Waals surface area (Å²) >= 11 is 0. The first-order chi connectivity index (χ1) is 8.69. The second-order valence-corrected chi connectivity index (χ2v) is 4.74. The van der Waals surface area contributed by atoms with Crippen LogP contribution in [0.4, 0.5) is 4.79 Å². The molecule has 2 heterocycles. The Balaban J connectivity index is 1.70. The van der Waals surface area contributed by atoms with Crippen LogP contribution >= 0.6 is 0 Å². The van der Waals surface area contributed by atoms with E-state index >= 15 is 0 Å². The molecule has 0 aliphatic carbocycles. The maximum absolute atomic E-state index is 11.6. The fraction of sp³-hybridized carbons (Fsp3) is 0.833. The second kappa shape index (κ2) is 6.04. The predicted octanol–water partition coefficient (Wildman–Crippen LogP) is 0.370. The quantitative estimate of drug-likeness (QED) is 0.736. The number of likely N-dealkylation sites (tertiary alicyclic amines) is 1. The first kappa shape index (κ1) is 13.1. The summed E-state index contributed by atoms with van der Waals surface area (Å²) in [5.41, 5.74) is 0. The van der Waals surface area contributed by atoms with Crippen molar-refractivity contribution in [3.63, 3.8) is 0 Å². The van der Waals surface area contributed by atoms with E-state index in [1.165, 1.54) is 0 Å². The van der Waals surface area contributed by atoms with Crippen LogP contribution in [0, 0.1) is 5.92 Å². The maximum atomic E-state index is 11.6. The molecule has 0 bridgehead atoms. The Morgan fingerprint density at radius 3 is 2.78 bits per heavy atom. The van der Waals surface area contributed by atoms with Crippen molar-refractivity contribution in [1.82, 2.24) is 10.2 Å². The maximum Gasteiger partial charge on any atom is 0.407 e. The summed E-state index contributed by atoms with van der Waals surface area (Å²) in [6, 6.07) is 0. The van der Waals surface area contributed by atoms with E-state index in [1.807, 2.05) is 6.92 Å². The van der Waals surface area contributed by atoms with Crippen molar-refractivity contribution in [2.45, 2.75) is 25.9 Å². The highest BCUT2D eigenvalue weighted by Crippen LogP contribution is 2.19. The minimum Gasteiger partial charge on any atom is -0.466 e. The van der Waals surface area contributed by atoms with Gasteiger partial charge in [-0.2, -0.15) is 0 Å². The van der Waals surface area contributed by atoms with Gasteiger partial charge in [-0.05, 0) is 32.9 Å². The molecular formula is C12H20N2O4. The van der Waals surface area contributed by atoms with E-state index in [9.17, 15) is 9.59 Å².